The molecule has 1 aromatic heterocycles. The zero-order chi connectivity index (χ0) is 22.1. The lowest BCUT2D eigenvalue weighted by Crippen LogP contribution is -2.06. The van der Waals surface area contributed by atoms with Gasteiger partial charge in [-0.2, -0.15) is 0 Å². The van der Waals surface area contributed by atoms with Crippen LogP contribution in [-0.2, 0) is 12.8 Å². The molecular formula is C25H20ClNO5. The van der Waals surface area contributed by atoms with E-state index in [9.17, 15) is 9.90 Å². The lowest BCUT2D eigenvalue weighted by molar-refractivity contribution is 0.0687. The molecule has 0 saturated carbocycles. The van der Waals surface area contributed by atoms with Crippen molar-refractivity contribution in [2.45, 2.75) is 12.8 Å². The zero-order valence-corrected chi connectivity index (χ0v) is 17.8. The van der Waals surface area contributed by atoms with Crippen molar-refractivity contribution in [3.63, 3.8) is 0 Å². The topological polar surface area (TPSA) is 80.8 Å². The van der Waals surface area contributed by atoms with E-state index >= 15 is 0 Å². The molecule has 162 valence electrons. The summed E-state index contributed by atoms with van der Waals surface area (Å²) in [4.78, 5) is 14.9. The van der Waals surface area contributed by atoms with E-state index in [0.717, 1.165) is 22.1 Å². The van der Waals surface area contributed by atoms with Crippen LogP contribution >= 0.6 is 11.6 Å². The Hall–Kier alpha value is -3.64. The number of H-pyrrole nitrogens is 1. The fourth-order valence-corrected chi connectivity index (χ4v) is 4.17. The van der Waals surface area contributed by atoms with Crippen LogP contribution in [0.5, 0.6) is 17.2 Å². The number of hydrogen-bond donors (Lipinski definition) is 2. The lowest BCUT2D eigenvalue weighted by Gasteiger charge is -2.11. The zero-order valence-electron chi connectivity index (χ0n) is 17.1. The van der Waals surface area contributed by atoms with E-state index in [2.05, 4.69) is 4.98 Å². The first-order chi connectivity index (χ1) is 15.6. The Morgan fingerprint density at radius 3 is 2.59 bits per heavy atom. The first-order valence-electron chi connectivity index (χ1n) is 10.2. The Morgan fingerprint density at radius 2 is 1.81 bits per heavy atom. The summed E-state index contributed by atoms with van der Waals surface area (Å²) in [6, 6.07) is 19.2. The molecule has 7 heteroatoms. The van der Waals surface area contributed by atoms with Gasteiger partial charge in [-0.25, -0.2) is 4.79 Å². The molecule has 1 aliphatic heterocycles. The van der Waals surface area contributed by atoms with Gasteiger partial charge < -0.3 is 24.3 Å². The summed E-state index contributed by atoms with van der Waals surface area (Å²) >= 11 is 6.49. The van der Waals surface area contributed by atoms with Crippen molar-refractivity contribution in [2.75, 3.05) is 13.4 Å². The molecule has 3 aromatic carbocycles. The minimum Gasteiger partial charge on any atom is -0.490 e. The average Bonchev–Trinajstić information content (AvgIpc) is 3.39. The smallest absolute Gasteiger partial charge is 0.356 e. The van der Waals surface area contributed by atoms with Crippen molar-refractivity contribution in [2.24, 2.45) is 0 Å². The molecule has 0 radical (unpaired) electrons. The second-order valence-electron chi connectivity index (χ2n) is 7.53. The van der Waals surface area contributed by atoms with E-state index in [0.29, 0.717) is 47.2 Å². The minimum atomic E-state index is -1.07. The summed E-state index contributed by atoms with van der Waals surface area (Å²) < 4.78 is 16.9. The number of benzene rings is 3. The first-order valence-corrected chi connectivity index (χ1v) is 10.6. The highest BCUT2D eigenvalue weighted by Crippen LogP contribution is 2.39. The fourth-order valence-electron chi connectivity index (χ4n) is 3.95. The van der Waals surface area contributed by atoms with Gasteiger partial charge in [-0.05, 0) is 35.2 Å². The van der Waals surface area contributed by atoms with Gasteiger partial charge in [-0.15, -0.1) is 0 Å². The molecule has 5 rings (SSSR count). The molecule has 2 N–H and O–H groups in total. The molecule has 0 amide bonds. The number of aromatic nitrogens is 1. The third-order valence-electron chi connectivity index (χ3n) is 5.48. The van der Waals surface area contributed by atoms with Gasteiger partial charge >= 0.3 is 5.97 Å². The van der Waals surface area contributed by atoms with E-state index in [1.807, 2.05) is 54.6 Å². The van der Waals surface area contributed by atoms with Crippen LogP contribution < -0.4 is 14.2 Å². The Balaban J connectivity index is 1.50. The molecule has 32 heavy (non-hydrogen) atoms. The van der Waals surface area contributed by atoms with Crippen LogP contribution in [0.1, 0.15) is 27.2 Å². The number of carboxylic acid groups (broad SMARTS) is 1. The molecule has 4 aromatic rings. The molecule has 6 nitrogen and oxygen atoms in total. The van der Waals surface area contributed by atoms with Crippen LogP contribution in [0.15, 0.2) is 60.7 Å². The first kappa shape index (κ1) is 20.3. The van der Waals surface area contributed by atoms with Crippen molar-refractivity contribution in [1.29, 1.82) is 0 Å². The van der Waals surface area contributed by atoms with Gasteiger partial charge in [-0.3, -0.25) is 0 Å². The second kappa shape index (κ2) is 8.48. The van der Waals surface area contributed by atoms with Crippen molar-refractivity contribution in [3.05, 3.63) is 88.1 Å². The molecular weight excluding hydrogens is 430 g/mol. The summed E-state index contributed by atoms with van der Waals surface area (Å²) in [5.74, 6) is 0.548. The molecule has 0 fully saturated rings. The largest absolute Gasteiger partial charge is 0.490 e. The quantitative estimate of drug-likeness (QED) is 0.391. The number of rotatable bonds is 7. The number of carboxylic acids is 1. The van der Waals surface area contributed by atoms with Gasteiger partial charge in [-0.1, -0.05) is 54.1 Å². The summed E-state index contributed by atoms with van der Waals surface area (Å²) in [6.07, 6.45) is 1.15. The molecule has 0 bridgehead atoms. The van der Waals surface area contributed by atoms with Crippen LogP contribution in [0.2, 0.25) is 5.02 Å². The number of fused-ring (bicyclic) bond motifs is 2. The van der Waals surface area contributed by atoms with Crippen LogP contribution in [0, 0.1) is 0 Å². The maximum atomic E-state index is 11.9. The molecule has 0 unspecified atom stereocenters. The lowest BCUT2D eigenvalue weighted by atomic mass is 10.0. The van der Waals surface area contributed by atoms with Gasteiger partial charge in [0.25, 0.3) is 0 Å². The number of nitrogens with one attached hydrogen (secondary N) is 1. The molecule has 0 saturated heterocycles. The van der Waals surface area contributed by atoms with Gasteiger partial charge in [0.05, 0.1) is 12.1 Å². The van der Waals surface area contributed by atoms with Gasteiger partial charge in [0.15, 0.2) is 22.9 Å². The monoisotopic (exact) mass is 449 g/mol. The highest BCUT2D eigenvalue weighted by atomic mass is 35.5. The summed E-state index contributed by atoms with van der Waals surface area (Å²) in [7, 11) is 0. The van der Waals surface area contributed by atoms with Crippen LogP contribution in [-0.4, -0.2) is 29.5 Å². The Bertz CT molecular complexity index is 1300. The maximum absolute atomic E-state index is 11.9. The summed E-state index contributed by atoms with van der Waals surface area (Å²) in [6.45, 7) is 0.528. The van der Waals surface area contributed by atoms with Gasteiger partial charge in [0.2, 0.25) is 6.79 Å². The van der Waals surface area contributed by atoms with E-state index in [1.54, 1.807) is 6.07 Å². The Labute approximate surface area is 189 Å². The molecule has 0 atom stereocenters. The second-order valence-corrected chi connectivity index (χ2v) is 7.94. The van der Waals surface area contributed by atoms with E-state index < -0.39 is 5.97 Å². The maximum Gasteiger partial charge on any atom is 0.356 e. The van der Waals surface area contributed by atoms with Crippen LogP contribution in [0.3, 0.4) is 0 Å². The number of carbonyl (C=O) groups is 1. The van der Waals surface area contributed by atoms with Crippen molar-refractivity contribution >= 4 is 28.5 Å². The summed E-state index contributed by atoms with van der Waals surface area (Å²) in [5, 5.41) is 11.1. The highest BCUT2D eigenvalue weighted by molar-refractivity contribution is 6.31. The number of hydrogen-bond acceptors (Lipinski definition) is 4. The average molecular weight is 450 g/mol. The predicted octanol–water partition coefficient (Wildman–Crippen LogP) is 5.46. The SMILES string of the molecule is O=C(O)c1[nH]c2cccc(Cc3cc4c(cc3Cl)OCO4)c2c1OCCc1ccccc1. The minimum absolute atomic E-state index is 0.0392. The number of aromatic amines is 1. The van der Waals surface area contributed by atoms with Gasteiger partial charge in [0, 0.05) is 22.9 Å². The Kier molecular flexibility index (Phi) is 5.37. The van der Waals surface area contributed by atoms with Crippen molar-refractivity contribution < 1.29 is 24.1 Å². The molecule has 2 heterocycles. The third kappa shape index (κ3) is 3.85. The normalized spacial score (nSPS) is 12.3. The van der Waals surface area contributed by atoms with Crippen LogP contribution in [0.4, 0.5) is 0 Å². The van der Waals surface area contributed by atoms with E-state index in [4.69, 9.17) is 25.8 Å². The number of halogens is 1. The highest BCUT2D eigenvalue weighted by Gasteiger charge is 2.22. The Morgan fingerprint density at radius 1 is 1.03 bits per heavy atom. The number of ether oxygens (including phenoxy) is 3. The van der Waals surface area contributed by atoms with Gasteiger partial charge in [0.1, 0.15) is 0 Å². The predicted molar refractivity (Wildman–Crippen MR) is 121 cm³/mol. The standard InChI is InChI=1S/C25H20ClNO5/c26-18-13-21-20(31-14-32-21)12-17(18)11-16-7-4-8-19-22(16)24(23(27-19)25(28)29)30-10-9-15-5-2-1-3-6-15/h1-8,12-13,27H,9-11,14H2,(H,28,29). The van der Waals surface area contributed by atoms with Crippen molar-refractivity contribution in [3.8, 4) is 17.2 Å². The molecule has 1 aliphatic rings. The van der Waals surface area contributed by atoms with Crippen LogP contribution in [0.25, 0.3) is 10.9 Å². The van der Waals surface area contributed by atoms with Crippen molar-refractivity contribution in [1.82, 2.24) is 4.98 Å². The number of aromatic carboxylic acids is 1. The molecule has 0 aliphatic carbocycles. The summed E-state index contributed by atoms with van der Waals surface area (Å²) in [5.41, 5.74) is 3.62. The van der Waals surface area contributed by atoms with E-state index in [-0.39, 0.29) is 12.5 Å². The third-order valence-corrected chi connectivity index (χ3v) is 5.83. The van der Waals surface area contributed by atoms with E-state index in [1.165, 1.54) is 0 Å². The fraction of sp³-hybridized carbons (Fsp3) is 0.160. The molecule has 0 spiro atoms.